The number of aromatic amines is 1. The molecule has 1 aromatic carbocycles. The Labute approximate surface area is 134 Å². The van der Waals surface area contributed by atoms with Crippen molar-refractivity contribution in [1.29, 1.82) is 0 Å². The Hall–Kier alpha value is -2.40. The van der Waals surface area contributed by atoms with E-state index in [2.05, 4.69) is 15.4 Å². The van der Waals surface area contributed by atoms with Crippen molar-refractivity contribution in [3.63, 3.8) is 0 Å². The van der Waals surface area contributed by atoms with Gasteiger partial charge in [-0.25, -0.2) is 4.68 Å². The molecule has 118 valence electrons. The fraction of sp³-hybridized carbons (Fsp3) is 0.333. The molecule has 2 aromatic heterocycles. The van der Waals surface area contributed by atoms with E-state index in [0.29, 0.717) is 12.6 Å². The van der Waals surface area contributed by atoms with Crippen molar-refractivity contribution < 1.29 is 0 Å². The van der Waals surface area contributed by atoms with E-state index in [0.717, 1.165) is 28.0 Å². The fourth-order valence-electron chi connectivity index (χ4n) is 3.01. The van der Waals surface area contributed by atoms with Crippen molar-refractivity contribution in [2.24, 2.45) is 0 Å². The normalized spacial score (nSPS) is 15.0. The monoisotopic (exact) mass is 308 g/mol. The highest BCUT2D eigenvalue weighted by Gasteiger charge is 2.18. The zero-order chi connectivity index (χ0) is 15.8. The van der Waals surface area contributed by atoms with E-state index in [4.69, 9.17) is 0 Å². The maximum Gasteiger partial charge on any atom is 0.254 e. The maximum atomic E-state index is 12.4. The van der Waals surface area contributed by atoms with Crippen molar-refractivity contribution in [2.75, 3.05) is 0 Å². The molecule has 0 spiro atoms. The molecule has 2 heterocycles. The van der Waals surface area contributed by atoms with E-state index >= 15 is 0 Å². The number of para-hydroxylation sites is 1. The molecule has 0 saturated heterocycles. The molecule has 4 rings (SSSR count). The molecule has 23 heavy (non-hydrogen) atoms. The molecule has 1 aliphatic carbocycles. The quantitative estimate of drug-likeness (QED) is 0.779. The minimum absolute atomic E-state index is 0.0404. The molecular formula is C18H20N4O. The van der Waals surface area contributed by atoms with Crippen LogP contribution in [0.4, 0.5) is 0 Å². The number of pyridine rings is 1. The van der Waals surface area contributed by atoms with E-state index in [1.165, 1.54) is 19.3 Å². The highest BCUT2D eigenvalue weighted by Crippen LogP contribution is 2.21. The smallest absolute Gasteiger partial charge is 0.254 e. The lowest BCUT2D eigenvalue weighted by molar-refractivity contribution is 0.338. The Bertz CT molecular complexity index is 891. The fourth-order valence-corrected chi connectivity index (χ4v) is 3.01. The van der Waals surface area contributed by atoms with Gasteiger partial charge in [0.2, 0.25) is 0 Å². The summed E-state index contributed by atoms with van der Waals surface area (Å²) in [6.45, 7) is 2.59. The molecule has 0 amide bonds. The number of hydrogen-bond donors (Lipinski definition) is 2. The summed E-state index contributed by atoms with van der Waals surface area (Å²) >= 11 is 0. The number of benzene rings is 1. The molecule has 5 nitrogen and oxygen atoms in total. The number of aromatic nitrogens is 3. The average molecular weight is 308 g/mol. The van der Waals surface area contributed by atoms with Gasteiger partial charge in [-0.3, -0.25) is 4.79 Å². The Morgan fingerprint density at radius 3 is 2.78 bits per heavy atom. The predicted molar refractivity (Wildman–Crippen MR) is 90.9 cm³/mol. The van der Waals surface area contributed by atoms with E-state index in [-0.39, 0.29) is 5.56 Å². The largest absolute Gasteiger partial charge is 0.310 e. The number of nitrogens with zero attached hydrogens (tertiary/aromatic N) is 2. The van der Waals surface area contributed by atoms with Gasteiger partial charge in [-0.2, -0.15) is 5.10 Å². The number of aryl methyl sites for hydroxylation is 1. The first kappa shape index (κ1) is 14.2. The van der Waals surface area contributed by atoms with Crippen molar-refractivity contribution >= 4 is 11.0 Å². The lowest BCUT2D eigenvalue weighted by Crippen LogP contribution is -2.36. The molecule has 0 unspecified atom stereocenters. The van der Waals surface area contributed by atoms with Crippen LogP contribution in [0.2, 0.25) is 0 Å². The summed E-state index contributed by atoms with van der Waals surface area (Å²) in [5, 5.41) is 9.04. The second-order valence-electron chi connectivity index (χ2n) is 6.23. The molecule has 0 aliphatic heterocycles. The van der Waals surface area contributed by atoms with Gasteiger partial charge in [0.05, 0.1) is 11.4 Å². The molecular weight excluding hydrogens is 288 g/mol. The summed E-state index contributed by atoms with van der Waals surface area (Å²) in [7, 11) is 0. The Balaban J connectivity index is 1.74. The van der Waals surface area contributed by atoms with E-state index < -0.39 is 0 Å². The Morgan fingerprint density at radius 1 is 1.30 bits per heavy atom. The third-order valence-corrected chi connectivity index (χ3v) is 4.64. The van der Waals surface area contributed by atoms with Crippen LogP contribution in [0.5, 0.6) is 0 Å². The first-order valence-corrected chi connectivity index (χ1v) is 8.13. The number of H-pyrrole nitrogens is 1. The minimum Gasteiger partial charge on any atom is -0.310 e. The van der Waals surface area contributed by atoms with E-state index in [9.17, 15) is 4.79 Å². The van der Waals surface area contributed by atoms with E-state index in [1.54, 1.807) is 4.68 Å². The lowest BCUT2D eigenvalue weighted by atomic mass is 9.93. The highest BCUT2D eigenvalue weighted by atomic mass is 16.1. The van der Waals surface area contributed by atoms with Crippen LogP contribution >= 0.6 is 0 Å². The predicted octanol–water partition coefficient (Wildman–Crippen LogP) is 2.66. The lowest BCUT2D eigenvalue weighted by Gasteiger charge is -2.26. The SMILES string of the molecule is Cc1nn(-c2ccccc2)c2[nH]c(=O)c(CNC3CCC3)cc12. The Kier molecular flexibility index (Phi) is 3.50. The van der Waals surface area contributed by atoms with Gasteiger partial charge in [0.15, 0.2) is 0 Å². The molecule has 5 heteroatoms. The maximum absolute atomic E-state index is 12.4. The summed E-state index contributed by atoms with van der Waals surface area (Å²) < 4.78 is 1.80. The molecule has 2 N–H and O–H groups in total. The zero-order valence-electron chi connectivity index (χ0n) is 13.2. The van der Waals surface area contributed by atoms with Gasteiger partial charge >= 0.3 is 0 Å². The topological polar surface area (TPSA) is 62.7 Å². The van der Waals surface area contributed by atoms with Crippen LogP contribution in [0.1, 0.15) is 30.5 Å². The molecule has 0 bridgehead atoms. The van der Waals surface area contributed by atoms with Gasteiger partial charge in [0.1, 0.15) is 5.65 Å². The van der Waals surface area contributed by atoms with Crippen LogP contribution in [0, 0.1) is 6.92 Å². The van der Waals surface area contributed by atoms with Crippen LogP contribution in [0.3, 0.4) is 0 Å². The van der Waals surface area contributed by atoms with E-state index in [1.807, 2.05) is 43.3 Å². The van der Waals surface area contributed by atoms with Gasteiger partial charge in [-0.05, 0) is 38.0 Å². The molecule has 0 atom stereocenters. The summed E-state index contributed by atoms with van der Waals surface area (Å²) in [6.07, 6.45) is 3.71. The number of hydrogen-bond acceptors (Lipinski definition) is 3. The summed E-state index contributed by atoms with van der Waals surface area (Å²) in [5.41, 5.74) is 3.36. The molecule has 3 aromatic rings. The second-order valence-corrected chi connectivity index (χ2v) is 6.23. The van der Waals surface area contributed by atoms with Gasteiger partial charge in [-0.15, -0.1) is 0 Å². The second kappa shape index (κ2) is 5.66. The van der Waals surface area contributed by atoms with Crippen molar-refractivity contribution in [3.8, 4) is 5.69 Å². The van der Waals surface area contributed by atoms with Gasteiger partial charge in [-0.1, -0.05) is 24.6 Å². The first-order valence-electron chi connectivity index (χ1n) is 8.13. The van der Waals surface area contributed by atoms with Crippen LogP contribution in [-0.4, -0.2) is 20.8 Å². The highest BCUT2D eigenvalue weighted by molar-refractivity contribution is 5.80. The summed E-state index contributed by atoms with van der Waals surface area (Å²) in [6, 6.07) is 12.4. The number of rotatable bonds is 4. The van der Waals surface area contributed by atoms with Crippen molar-refractivity contribution in [3.05, 3.63) is 58.0 Å². The molecule has 1 saturated carbocycles. The number of fused-ring (bicyclic) bond motifs is 1. The minimum atomic E-state index is -0.0404. The van der Waals surface area contributed by atoms with Crippen LogP contribution in [-0.2, 0) is 6.54 Å². The number of nitrogens with one attached hydrogen (secondary N) is 2. The molecule has 0 radical (unpaired) electrons. The third-order valence-electron chi connectivity index (χ3n) is 4.64. The van der Waals surface area contributed by atoms with Gasteiger partial charge in [0.25, 0.3) is 5.56 Å². The van der Waals surface area contributed by atoms with Crippen LogP contribution in [0.15, 0.2) is 41.2 Å². The average Bonchev–Trinajstić information content (AvgIpc) is 2.83. The van der Waals surface area contributed by atoms with Crippen molar-refractivity contribution in [2.45, 2.75) is 38.8 Å². The van der Waals surface area contributed by atoms with Crippen LogP contribution < -0.4 is 10.9 Å². The standard InChI is InChI=1S/C18H20N4O/c1-12-16-10-13(11-19-14-6-5-7-14)18(23)20-17(16)22(21-12)15-8-3-2-4-9-15/h2-4,8-10,14,19H,5-7,11H2,1H3,(H,20,23). The summed E-state index contributed by atoms with van der Waals surface area (Å²) in [4.78, 5) is 15.4. The molecule has 1 fully saturated rings. The third kappa shape index (κ3) is 2.57. The van der Waals surface area contributed by atoms with Gasteiger partial charge < -0.3 is 10.3 Å². The first-order chi connectivity index (χ1) is 11.2. The van der Waals surface area contributed by atoms with Gasteiger partial charge in [0, 0.05) is 23.5 Å². The van der Waals surface area contributed by atoms with Crippen molar-refractivity contribution in [1.82, 2.24) is 20.1 Å². The zero-order valence-corrected chi connectivity index (χ0v) is 13.2. The Morgan fingerprint density at radius 2 is 2.09 bits per heavy atom. The summed E-state index contributed by atoms with van der Waals surface area (Å²) in [5.74, 6) is 0. The molecule has 1 aliphatic rings. The van der Waals surface area contributed by atoms with Crippen LogP contribution in [0.25, 0.3) is 16.7 Å².